The SMILES string of the molecule is CC(O)C(=O)O.O=C(O)C(O)C(=O)O. The first-order valence-electron chi connectivity index (χ1n) is 3.24. The molecular formula is C6H10O8. The minimum atomic E-state index is -2.30. The van der Waals surface area contributed by atoms with Crippen molar-refractivity contribution >= 4 is 17.9 Å². The van der Waals surface area contributed by atoms with Gasteiger partial charge < -0.3 is 25.5 Å². The first-order chi connectivity index (χ1) is 6.20. The summed E-state index contributed by atoms with van der Waals surface area (Å²) in [4.78, 5) is 28.5. The van der Waals surface area contributed by atoms with Gasteiger partial charge in [-0.05, 0) is 6.92 Å². The van der Waals surface area contributed by atoms with Crippen molar-refractivity contribution in [3.8, 4) is 0 Å². The summed E-state index contributed by atoms with van der Waals surface area (Å²) in [6, 6.07) is 0. The van der Waals surface area contributed by atoms with Gasteiger partial charge in [0.05, 0.1) is 0 Å². The maximum Gasteiger partial charge on any atom is 0.344 e. The maximum atomic E-state index is 9.51. The quantitative estimate of drug-likeness (QED) is 0.334. The number of rotatable bonds is 3. The number of hydrogen-bond donors (Lipinski definition) is 5. The normalized spacial score (nSPS) is 11.1. The van der Waals surface area contributed by atoms with Crippen LogP contribution in [0, 0.1) is 0 Å². The summed E-state index contributed by atoms with van der Waals surface area (Å²) in [6.45, 7) is 1.20. The van der Waals surface area contributed by atoms with Gasteiger partial charge in [-0.2, -0.15) is 0 Å². The van der Waals surface area contributed by atoms with Crippen LogP contribution >= 0.6 is 0 Å². The van der Waals surface area contributed by atoms with E-state index >= 15 is 0 Å². The highest BCUT2D eigenvalue weighted by Gasteiger charge is 2.20. The molecule has 0 spiro atoms. The molecule has 0 aliphatic carbocycles. The van der Waals surface area contributed by atoms with Gasteiger partial charge in [-0.3, -0.25) is 0 Å². The number of hydrogen-bond acceptors (Lipinski definition) is 5. The molecule has 0 aliphatic heterocycles. The number of carbonyl (C=O) groups is 3. The monoisotopic (exact) mass is 210 g/mol. The number of aliphatic carboxylic acids is 3. The summed E-state index contributed by atoms with van der Waals surface area (Å²) in [5, 5.41) is 39.2. The van der Waals surface area contributed by atoms with E-state index in [-0.39, 0.29) is 0 Å². The highest BCUT2D eigenvalue weighted by Crippen LogP contribution is 1.79. The van der Waals surface area contributed by atoms with E-state index < -0.39 is 30.1 Å². The Hall–Kier alpha value is -1.67. The van der Waals surface area contributed by atoms with Crippen molar-refractivity contribution in [3.05, 3.63) is 0 Å². The molecule has 8 heteroatoms. The van der Waals surface area contributed by atoms with Crippen molar-refractivity contribution in [2.45, 2.75) is 19.1 Å². The summed E-state index contributed by atoms with van der Waals surface area (Å²) in [5.74, 6) is -4.69. The Balaban J connectivity index is 0. The lowest BCUT2D eigenvalue weighted by molar-refractivity contribution is -0.161. The second-order valence-corrected chi connectivity index (χ2v) is 2.09. The lowest BCUT2D eigenvalue weighted by atomic mass is 10.4. The molecule has 5 N–H and O–H groups in total. The zero-order valence-corrected chi connectivity index (χ0v) is 7.12. The molecule has 1 unspecified atom stereocenters. The number of aliphatic hydroxyl groups is 2. The average molecular weight is 210 g/mol. The Morgan fingerprint density at radius 3 is 1.07 bits per heavy atom. The minimum Gasteiger partial charge on any atom is -0.479 e. The summed E-state index contributed by atoms with van der Waals surface area (Å²) in [5.41, 5.74) is 0. The van der Waals surface area contributed by atoms with Gasteiger partial charge in [0.2, 0.25) is 6.10 Å². The van der Waals surface area contributed by atoms with Gasteiger partial charge in [0.25, 0.3) is 0 Å². The fourth-order valence-corrected chi connectivity index (χ4v) is 0.106. The highest BCUT2D eigenvalue weighted by atomic mass is 16.4. The summed E-state index contributed by atoms with van der Waals surface area (Å²) < 4.78 is 0. The molecule has 0 bridgehead atoms. The van der Waals surface area contributed by atoms with Crippen molar-refractivity contribution in [3.63, 3.8) is 0 Å². The smallest absolute Gasteiger partial charge is 0.344 e. The van der Waals surface area contributed by atoms with E-state index in [1.165, 1.54) is 6.92 Å². The lowest BCUT2D eigenvalue weighted by Crippen LogP contribution is -2.28. The summed E-state index contributed by atoms with van der Waals surface area (Å²) in [6.07, 6.45) is -3.53. The van der Waals surface area contributed by atoms with Crippen LogP contribution in [-0.2, 0) is 14.4 Å². The standard InChI is InChI=1S/C3H4O5.C3H6O3/c4-1(2(5)6)3(7)8;1-2(4)3(5)6/h1,4H,(H,5,6)(H,7,8);2,4H,1H3,(H,5,6). The topological polar surface area (TPSA) is 152 Å². The van der Waals surface area contributed by atoms with Crippen LogP contribution < -0.4 is 0 Å². The molecule has 14 heavy (non-hydrogen) atoms. The van der Waals surface area contributed by atoms with E-state index in [1.807, 2.05) is 0 Å². The largest absolute Gasteiger partial charge is 0.479 e. The van der Waals surface area contributed by atoms with E-state index in [1.54, 1.807) is 0 Å². The van der Waals surface area contributed by atoms with Crippen LogP contribution in [0.1, 0.15) is 6.92 Å². The van der Waals surface area contributed by atoms with Crippen molar-refractivity contribution in [2.24, 2.45) is 0 Å². The third-order valence-corrected chi connectivity index (χ3v) is 0.825. The number of aliphatic hydroxyl groups excluding tert-OH is 2. The Labute approximate surface area is 78.0 Å². The van der Waals surface area contributed by atoms with E-state index in [2.05, 4.69) is 0 Å². The van der Waals surface area contributed by atoms with E-state index in [4.69, 9.17) is 25.5 Å². The van der Waals surface area contributed by atoms with E-state index in [0.29, 0.717) is 0 Å². The third-order valence-electron chi connectivity index (χ3n) is 0.825. The summed E-state index contributed by atoms with van der Waals surface area (Å²) in [7, 11) is 0. The molecule has 0 aromatic carbocycles. The molecule has 82 valence electrons. The van der Waals surface area contributed by atoms with Crippen molar-refractivity contribution in [1.82, 2.24) is 0 Å². The zero-order chi connectivity index (χ0) is 11.9. The molecule has 0 aromatic rings. The third kappa shape index (κ3) is 8.43. The van der Waals surface area contributed by atoms with Gasteiger partial charge in [-0.1, -0.05) is 0 Å². The fourth-order valence-electron chi connectivity index (χ4n) is 0.106. The Morgan fingerprint density at radius 1 is 0.857 bits per heavy atom. The first-order valence-corrected chi connectivity index (χ1v) is 3.24. The molecule has 1 atom stereocenters. The molecule has 0 aliphatic rings. The molecule has 0 saturated carbocycles. The molecule has 8 nitrogen and oxygen atoms in total. The van der Waals surface area contributed by atoms with Gasteiger partial charge in [0.15, 0.2) is 0 Å². The van der Waals surface area contributed by atoms with Gasteiger partial charge in [0, 0.05) is 0 Å². The molecule has 0 radical (unpaired) electrons. The number of carboxylic acid groups (broad SMARTS) is 3. The van der Waals surface area contributed by atoms with Crippen molar-refractivity contribution in [2.75, 3.05) is 0 Å². The molecule has 0 fully saturated rings. The van der Waals surface area contributed by atoms with Crippen LogP contribution in [-0.4, -0.2) is 55.6 Å². The second-order valence-electron chi connectivity index (χ2n) is 2.09. The summed E-state index contributed by atoms with van der Waals surface area (Å²) >= 11 is 0. The second kappa shape index (κ2) is 6.80. The van der Waals surface area contributed by atoms with Crippen LogP contribution in [0.4, 0.5) is 0 Å². The number of carboxylic acids is 3. The van der Waals surface area contributed by atoms with E-state index in [0.717, 1.165) is 0 Å². The van der Waals surface area contributed by atoms with Gasteiger partial charge in [-0.15, -0.1) is 0 Å². The van der Waals surface area contributed by atoms with Crippen LogP contribution in [0.25, 0.3) is 0 Å². The first kappa shape index (κ1) is 14.8. The van der Waals surface area contributed by atoms with Crippen molar-refractivity contribution < 1.29 is 39.9 Å². The lowest BCUT2D eigenvalue weighted by Gasteiger charge is -1.93. The zero-order valence-electron chi connectivity index (χ0n) is 7.12. The predicted octanol–water partition coefficient (Wildman–Crippen LogP) is -2.03. The van der Waals surface area contributed by atoms with Crippen LogP contribution in [0.15, 0.2) is 0 Å². The highest BCUT2D eigenvalue weighted by molar-refractivity contribution is 5.95. The fraction of sp³-hybridized carbons (Fsp3) is 0.500. The van der Waals surface area contributed by atoms with Gasteiger partial charge in [-0.25, -0.2) is 14.4 Å². The Kier molecular flexibility index (Phi) is 7.21. The van der Waals surface area contributed by atoms with Crippen LogP contribution in [0.3, 0.4) is 0 Å². The van der Waals surface area contributed by atoms with Gasteiger partial charge in [0.1, 0.15) is 6.10 Å². The molecule has 0 rings (SSSR count). The average Bonchev–Trinajstić information content (AvgIpc) is 2.03. The Morgan fingerprint density at radius 2 is 1.07 bits per heavy atom. The van der Waals surface area contributed by atoms with Crippen LogP contribution in [0.5, 0.6) is 0 Å². The molecule has 0 aromatic heterocycles. The Bertz CT molecular complexity index is 206. The minimum absolute atomic E-state index is 1.19. The molecule has 0 heterocycles. The van der Waals surface area contributed by atoms with Crippen molar-refractivity contribution in [1.29, 1.82) is 0 Å². The maximum absolute atomic E-state index is 9.51. The van der Waals surface area contributed by atoms with E-state index in [9.17, 15) is 14.4 Å². The molecular weight excluding hydrogens is 200 g/mol. The van der Waals surface area contributed by atoms with Gasteiger partial charge >= 0.3 is 17.9 Å². The predicted molar refractivity (Wildman–Crippen MR) is 40.6 cm³/mol. The van der Waals surface area contributed by atoms with Crippen LogP contribution in [0.2, 0.25) is 0 Å². The molecule has 0 amide bonds. The molecule has 0 saturated heterocycles.